The Kier molecular flexibility index (Phi) is 1.94. The molecule has 1 aromatic rings. The molecule has 3 heteroatoms. The summed E-state index contributed by atoms with van der Waals surface area (Å²) in [5, 5.41) is 0. The third kappa shape index (κ3) is 1.39. The van der Waals surface area contributed by atoms with E-state index in [4.69, 9.17) is 0 Å². The fourth-order valence-corrected chi connectivity index (χ4v) is 1.47. The third-order valence-corrected chi connectivity index (χ3v) is 2.79. The predicted molar refractivity (Wildman–Crippen MR) is 52.9 cm³/mol. The lowest BCUT2D eigenvalue weighted by Gasteiger charge is -2.38. The zero-order valence-electron chi connectivity index (χ0n) is 8.41. The minimum atomic E-state index is 0.613. The summed E-state index contributed by atoms with van der Waals surface area (Å²) in [6.45, 7) is 7.38. The van der Waals surface area contributed by atoms with Gasteiger partial charge in [-0.2, -0.15) is 0 Å². The van der Waals surface area contributed by atoms with Crippen LogP contribution in [-0.4, -0.2) is 22.6 Å². The lowest BCUT2D eigenvalue weighted by Crippen LogP contribution is -2.46. The molecule has 0 radical (unpaired) electrons. The number of aryl methyl sites for hydroxylation is 2. The highest BCUT2D eigenvalue weighted by atomic mass is 15.3. The summed E-state index contributed by atoms with van der Waals surface area (Å²) in [6, 6.07) is 0.613. The molecule has 0 saturated carbocycles. The van der Waals surface area contributed by atoms with E-state index in [-0.39, 0.29) is 0 Å². The molecule has 0 amide bonds. The van der Waals surface area contributed by atoms with Crippen molar-refractivity contribution >= 4 is 5.95 Å². The molecule has 0 aromatic carbocycles. The van der Waals surface area contributed by atoms with Crippen molar-refractivity contribution in [3.8, 4) is 0 Å². The molecule has 1 aliphatic rings. The highest BCUT2D eigenvalue weighted by Gasteiger charge is 2.25. The SMILES string of the molecule is Cc1cnc(N2CCC2C)nc1C. The Labute approximate surface area is 78.8 Å². The van der Waals surface area contributed by atoms with Gasteiger partial charge in [-0.3, -0.25) is 0 Å². The molecular weight excluding hydrogens is 162 g/mol. The van der Waals surface area contributed by atoms with Gasteiger partial charge in [0.1, 0.15) is 0 Å². The van der Waals surface area contributed by atoms with Gasteiger partial charge in [-0.15, -0.1) is 0 Å². The second-order valence-corrected chi connectivity index (χ2v) is 3.77. The van der Waals surface area contributed by atoms with Crippen LogP contribution in [-0.2, 0) is 0 Å². The van der Waals surface area contributed by atoms with Gasteiger partial charge in [0, 0.05) is 24.5 Å². The highest BCUT2D eigenvalue weighted by molar-refractivity contribution is 5.36. The van der Waals surface area contributed by atoms with Gasteiger partial charge in [0.2, 0.25) is 5.95 Å². The number of hydrogen-bond donors (Lipinski definition) is 0. The van der Waals surface area contributed by atoms with Crippen molar-refractivity contribution in [2.45, 2.75) is 33.2 Å². The van der Waals surface area contributed by atoms with E-state index in [9.17, 15) is 0 Å². The van der Waals surface area contributed by atoms with E-state index in [2.05, 4.69) is 21.8 Å². The van der Waals surface area contributed by atoms with Crippen LogP contribution in [0.3, 0.4) is 0 Å². The van der Waals surface area contributed by atoms with Gasteiger partial charge in [0.15, 0.2) is 0 Å². The molecule has 0 bridgehead atoms. The predicted octanol–water partition coefficient (Wildman–Crippen LogP) is 1.69. The van der Waals surface area contributed by atoms with Gasteiger partial charge in [-0.05, 0) is 32.8 Å². The lowest BCUT2D eigenvalue weighted by atomic mass is 10.1. The quantitative estimate of drug-likeness (QED) is 0.653. The van der Waals surface area contributed by atoms with Crippen molar-refractivity contribution in [3.05, 3.63) is 17.5 Å². The molecule has 0 spiro atoms. The number of hydrogen-bond acceptors (Lipinski definition) is 3. The molecule has 13 heavy (non-hydrogen) atoms. The van der Waals surface area contributed by atoms with Crippen molar-refractivity contribution in [1.82, 2.24) is 9.97 Å². The average Bonchev–Trinajstić information content (AvgIpc) is 2.09. The second kappa shape index (κ2) is 2.98. The molecule has 70 valence electrons. The molecule has 1 fully saturated rings. The smallest absolute Gasteiger partial charge is 0.225 e. The Hall–Kier alpha value is -1.12. The molecule has 1 saturated heterocycles. The molecule has 0 N–H and O–H groups in total. The molecule has 2 heterocycles. The van der Waals surface area contributed by atoms with Crippen LogP contribution in [0.4, 0.5) is 5.95 Å². The molecular formula is C10H15N3. The lowest BCUT2D eigenvalue weighted by molar-refractivity contribution is 0.470. The summed E-state index contributed by atoms with van der Waals surface area (Å²) in [7, 11) is 0. The van der Waals surface area contributed by atoms with E-state index in [1.54, 1.807) is 0 Å². The first kappa shape index (κ1) is 8.48. The van der Waals surface area contributed by atoms with Crippen LogP contribution in [0.1, 0.15) is 24.6 Å². The van der Waals surface area contributed by atoms with Crippen LogP contribution in [0.25, 0.3) is 0 Å². The third-order valence-electron chi connectivity index (χ3n) is 2.79. The number of aromatic nitrogens is 2. The number of rotatable bonds is 1. The number of anilines is 1. The molecule has 2 rings (SSSR count). The van der Waals surface area contributed by atoms with E-state index in [0.717, 1.165) is 23.8 Å². The van der Waals surface area contributed by atoms with Crippen molar-refractivity contribution in [2.75, 3.05) is 11.4 Å². The van der Waals surface area contributed by atoms with E-state index >= 15 is 0 Å². The van der Waals surface area contributed by atoms with Gasteiger partial charge < -0.3 is 4.90 Å². The van der Waals surface area contributed by atoms with Crippen LogP contribution in [0.5, 0.6) is 0 Å². The van der Waals surface area contributed by atoms with Crippen molar-refractivity contribution in [3.63, 3.8) is 0 Å². The van der Waals surface area contributed by atoms with Crippen LogP contribution >= 0.6 is 0 Å². The van der Waals surface area contributed by atoms with E-state index in [1.165, 1.54) is 6.42 Å². The standard InChI is InChI=1S/C10H15N3/c1-7-6-11-10(12-9(7)3)13-5-4-8(13)2/h6,8H,4-5H2,1-3H3. The normalized spacial score (nSPS) is 21.5. The topological polar surface area (TPSA) is 29.0 Å². The summed E-state index contributed by atoms with van der Waals surface area (Å²) in [6.07, 6.45) is 3.17. The first-order valence-corrected chi connectivity index (χ1v) is 4.75. The Morgan fingerprint density at radius 2 is 2.23 bits per heavy atom. The summed E-state index contributed by atoms with van der Waals surface area (Å²) in [5.74, 6) is 0.891. The minimum absolute atomic E-state index is 0.613. The summed E-state index contributed by atoms with van der Waals surface area (Å²) in [5.41, 5.74) is 2.25. The van der Waals surface area contributed by atoms with Crippen LogP contribution in [0.2, 0.25) is 0 Å². The highest BCUT2D eigenvalue weighted by Crippen LogP contribution is 2.22. The largest absolute Gasteiger partial charge is 0.338 e. The summed E-state index contributed by atoms with van der Waals surface area (Å²) >= 11 is 0. The van der Waals surface area contributed by atoms with Crippen LogP contribution in [0, 0.1) is 13.8 Å². The first-order valence-electron chi connectivity index (χ1n) is 4.75. The maximum atomic E-state index is 4.46. The van der Waals surface area contributed by atoms with Gasteiger partial charge in [-0.1, -0.05) is 0 Å². The van der Waals surface area contributed by atoms with E-state index in [0.29, 0.717) is 6.04 Å². The van der Waals surface area contributed by atoms with Gasteiger partial charge in [0.25, 0.3) is 0 Å². The molecule has 1 aromatic heterocycles. The van der Waals surface area contributed by atoms with E-state index < -0.39 is 0 Å². The van der Waals surface area contributed by atoms with Crippen molar-refractivity contribution < 1.29 is 0 Å². The molecule has 1 aliphatic heterocycles. The molecule has 1 atom stereocenters. The average molecular weight is 177 g/mol. The second-order valence-electron chi connectivity index (χ2n) is 3.77. The fourth-order valence-electron chi connectivity index (χ4n) is 1.47. The van der Waals surface area contributed by atoms with Gasteiger partial charge in [0.05, 0.1) is 0 Å². The Morgan fingerprint density at radius 1 is 1.46 bits per heavy atom. The number of nitrogens with zero attached hydrogens (tertiary/aromatic N) is 3. The maximum Gasteiger partial charge on any atom is 0.225 e. The Bertz CT molecular complexity index is 322. The zero-order chi connectivity index (χ0) is 9.42. The van der Waals surface area contributed by atoms with Crippen molar-refractivity contribution in [2.24, 2.45) is 0 Å². The first-order chi connectivity index (χ1) is 6.18. The molecule has 1 unspecified atom stereocenters. The monoisotopic (exact) mass is 177 g/mol. The van der Waals surface area contributed by atoms with Gasteiger partial charge in [-0.25, -0.2) is 9.97 Å². The van der Waals surface area contributed by atoms with E-state index in [1.807, 2.05) is 20.0 Å². The molecule has 3 nitrogen and oxygen atoms in total. The van der Waals surface area contributed by atoms with Crippen LogP contribution in [0.15, 0.2) is 6.20 Å². The Morgan fingerprint density at radius 3 is 2.69 bits per heavy atom. The van der Waals surface area contributed by atoms with Crippen molar-refractivity contribution in [1.29, 1.82) is 0 Å². The van der Waals surface area contributed by atoms with Gasteiger partial charge >= 0.3 is 0 Å². The minimum Gasteiger partial charge on any atom is -0.338 e. The Balaban J connectivity index is 2.26. The summed E-state index contributed by atoms with van der Waals surface area (Å²) < 4.78 is 0. The summed E-state index contributed by atoms with van der Waals surface area (Å²) in [4.78, 5) is 11.0. The zero-order valence-corrected chi connectivity index (χ0v) is 8.41. The molecule has 0 aliphatic carbocycles. The fraction of sp³-hybridized carbons (Fsp3) is 0.600. The maximum absolute atomic E-state index is 4.46. The van der Waals surface area contributed by atoms with Crippen LogP contribution < -0.4 is 4.90 Å².